The quantitative estimate of drug-likeness (QED) is 0.671. The molecular weight excluding hydrogens is 261 g/mol. The first-order valence-corrected chi connectivity index (χ1v) is 6.92. The highest BCUT2D eigenvalue weighted by atomic mass is 19.1. The van der Waals surface area contributed by atoms with Gasteiger partial charge in [0.05, 0.1) is 19.8 Å². The summed E-state index contributed by atoms with van der Waals surface area (Å²) in [5.41, 5.74) is 0.561. The van der Waals surface area contributed by atoms with E-state index in [1.54, 1.807) is 19.2 Å². The fourth-order valence-electron chi connectivity index (χ4n) is 1.93. The van der Waals surface area contributed by atoms with E-state index in [4.69, 9.17) is 14.2 Å². The zero-order chi connectivity index (χ0) is 14.8. The van der Waals surface area contributed by atoms with Crippen molar-refractivity contribution in [1.82, 2.24) is 5.32 Å². The molecule has 1 aromatic rings. The van der Waals surface area contributed by atoms with E-state index in [0.717, 1.165) is 6.54 Å². The predicted molar refractivity (Wildman–Crippen MR) is 76.7 cm³/mol. The fourth-order valence-corrected chi connectivity index (χ4v) is 1.93. The molecule has 1 unspecified atom stereocenters. The van der Waals surface area contributed by atoms with Gasteiger partial charge in [-0.25, -0.2) is 4.39 Å². The average molecular weight is 285 g/mol. The lowest BCUT2D eigenvalue weighted by Gasteiger charge is -2.18. The van der Waals surface area contributed by atoms with E-state index >= 15 is 0 Å². The number of halogens is 1. The zero-order valence-electron chi connectivity index (χ0n) is 12.4. The molecule has 0 saturated carbocycles. The molecule has 5 heteroatoms. The highest BCUT2D eigenvalue weighted by Crippen LogP contribution is 2.27. The van der Waals surface area contributed by atoms with E-state index in [1.165, 1.54) is 6.07 Å². The van der Waals surface area contributed by atoms with Crippen LogP contribution in [0.25, 0.3) is 0 Å². The Morgan fingerprint density at radius 1 is 1.20 bits per heavy atom. The van der Waals surface area contributed by atoms with Crippen molar-refractivity contribution in [1.29, 1.82) is 0 Å². The van der Waals surface area contributed by atoms with E-state index in [-0.39, 0.29) is 11.9 Å². The molecule has 0 aliphatic heterocycles. The van der Waals surface area contributed by atoms with Gasteiger partial charge in [-0.05, 0) is 25.6 Å². The Labute approximate surface area is 120 Å². The molecule has 114 valence electrons. The molecule has 1 atom stereocenters. The summed E-state index contributed by atoms with van der Waals surface area (Å²) in [5.74, 6) is 0.310. The predicted octanol–water partition coefficient (Wildman–Crippen LogP) is 2.54. The molecule has 0 aliphatic rings. The minimum atomic E-state index is -0.253. The van der Waals surface area contributed by atoms with Crippen LogP contribution in [0.3, 0.4) is 0 Å². The maximum atomic E-state index is 13.9. The lowest BCUT2D eigenvalue weighted by molar-refractivity contribution is 0.0541. The van der Waals surface area contributed by atoms with Crippen LogP contribution in [0.4, 0.5) is 4.39 Å². The van der Waals surface area contributed by atoms with Gasteiger partial charge in [0.2, 0.25) is 0 Å². The van der Waals surface area contributed by atoms with Crippen LogP contribution in [-0.4, -0.2) is 40.1 Å². The summed E-state index contributed by atoms with van der Waals surface area (Å²) in [6.45, 7) is 6.61. The molecular formula is C15H24FNO3. The molecule has 0 radical (unpaired) electrons. The average Bonchev–Trinajstić information content (AvgIpc) is 2.43. The van der Waals surface area contributed by atoms with Crippen LogP contribution in [0.1, 0.15) is 25.5 Å². The summed E-state index contributed by atoms with van der Waals surface area (Å²) < 4.78 is 29.7. The maximum Gasteiger partial charge on any atom is 0.131 e. The minimum Gasteiger partial charge on any atom is -0.491 e. The van der Waals surface area contributed by atoms with E-state index in [2.05, 4.69) is 5.32 Å². The second kappa shape index (κ2) is 9.69. The van der Waals surface area contributed by atoms with Gasteiger partial charge in [0.15, 0.2) is 0 Å². The molecule has 4 nitrogen and oxygen atoms in total. The zero-order valence-corrected chi connectivity index (χ0v) is 12.4. The van der Waals surface area contributed by atoms with E-state index < -0.39 is 0 Å². The molecule has 1 aromatic carbocycles. The lowest BCUT2D eigenvalue weighted by atomic mass is 10.1. The van der Waals surface area contributed by atoms with E-state index in [0.29, 0.717) is 37.7 Å². The number of rotatable bonds is 10. The number of hydrogen-bond donors (Lipinski definition) is 1. The Hall–Kier alpha value is -1.17. The van der Waals surface area contributed by atoms with Gasteiger partial charge in [-0.2, -0.15) is 0 Å². The number of ether oxygens (including phenoxy) is 3. The normalized spacial score (nSPS) is 12.4. The Morgan fingerprint density at radius 2 is 1.95 bits per heavy atom. The summed E-state index contributed by atoms with van der Waals surface area (Å²) >= 11 is 0. The van der Waals surface area contributed by atoms with Crippen molar-refractivity contribution < 1.29 is 18.6 Å². The first-order chi connectivity index (χ1) is 9.70. The SMILES string of the molecule is CCNC(C)c1c(F)cccc1OCCOCCOC. The van der Waals surface area contributed by atoms with Crippen LogP contribution in [0, 0.1) is 5.82 Å². The Morgan fingerprint density at radius 3 is 2.65 bits per heavy atom. The van der Waals surface area contributed by atoms with Crippen molar-refractivity contribution in [3.63, 3.8) is 0 Å². The van der Waals surface area contributed by atoms with Gasteiger partial charge in [0, 0.05) is 18.7 Å². The number of hydrogen-bond acceptors (Lipinski definition) is 4. The van der Waals surface area contributed by atoms with Gasteiger partial charge < -0.3 is 19.5 Å². The van der Waals surface area contributed by atoms with Crippen LogP contribution in [0.15, 0.2) is 18.2 Å². The summed E-state index contributed by atoms with van der Waals surface area (Å²) in [5, 5.41) is 3.19. The topological polar surface area (TPSA) is 39.7 Å². The van der Waals surface area contributed by atoms with E-state index in [1.807, 2.05) is 13.8 Å². The van der Waals surface area contributed by atoms with Crippen molar-refractivity contribution in [2.75, 3.05) is 40.1 Å². The minimum absolute atomic E-state index is 0.0920. The molecule has 0 saturated heterocycles. The van der Waals surface area contributed by atoms with Crippen molar-refractivity contribution >= 4 is 0 Å². The highest BCUT2D eigenvalue weighted by molar-refractivity contribution is 5.37. The molecule has 0 spiro atoms. The molecule has 0 aliphatic carbocycles. The Balaban J connectivity index is 2.54. The molecule has 0 aromatic heterocycles. The summed E-state index contributed by atoms with van der Waals surface area (Å²) in [6, 6.07) is 4.79. The number of methoxy groups -OCH3 is 1. The maximum absolute atomic E-state index is 13.9. The summed E-state index contributed by atoms with van der Waals surface area (Å²) in [6.07, 6.45) is 0. The first-order valence-electron chi connectivity index (χ1n) is 6.92. The van der Waals surface area contributed by atoms with Gasteiger partial charge in [0.25, 0.3) is 0 Å². The second-order valence-corrected chi connectivity index (χ2v) is 4.38. The van der Waals surface area contributed by atoms with Gasteiger partial charge in [0.1, 0.15) is 18.2 Å². The van der Waals surface area contributed by atoms with Crippen LogP contribution < -0.4 is 10.1 Å². The van der Waals surface area contributed by atoms with Crippen LogP contribution in [0.5, 0.6) is 5.75 Å². The third kappa shape index (κ3) is 5.45. The second-order valence-electron chi connectivity index (χ2n) is 4.38. The van der Waals surface area contributed by atoms with Gasteiger partial charge in [-0.3, -0.25) is 0 Å². The third-order valence-corrected chi connectivity index (χ3v) is 2.87. The third-order valence-electron chi connectivity index (χ3n) is 2.87. The van der Waals surface area contributed by atoms with Crippen LogP contribution >= 0.6 is 0 Å². The fraction of sp³-hybridized carbons (Fsp3) is 0.600. The smallest absolute Gasteiger partial charge is 0.131 e. The largest absolute Gasteiger partial charge is 0.491 e. The summed E-state index contributed by atoms with van der Waals surface area (Å²) in [7, 11) is 1.63. The van der Waals surface area contributed by atoms with Crippen molar-refractivity contribution in [3.05, 3.63) is 29.6 Å². The number of benzene rings is 1. The van der Waals surface area contributed by atoms with Crippen molar-refractivity contribution in [2.24, 2.45) is 0 Å². The standard InChI is InChI=1S/C15H24FNO3/c1-4-17-12(2)15-13(16)6-5-7-14(15)20-11-10-19-9-8-18-3/h5-7,12,17H,4,8-11H2,1-3H3. The van der Waals surface area contributed by atoms with Crippen LogP contribution in [0.2, 0.25) is 0 Å². The monoisotopic (exact) mass is 285 g/mol. The molecule has 0 amide bonds. The molecule has 0 bridgehead atoms. The molecule has 1 rings (SSSR count). The number of nitrogens with one attached hydrogen (secondary N) is 1. The molecule has 0 fully saturated rings. The highest BCUT2D eigenvalue weighted by Gasteiger charge is 2.15. The van der Waals surface area contributed by atoms with Crippen molar-refractivity contribution in [2.45, 2.75) is 19.9 Å². The summed E-state index contributed by atoms with van der Waals surface area (Å²) in [4.78, 5) is 0. The van der Waals surface area contributed by atoms with Crippen LogP contribution in [-0.2, 0) is 9.47 Å². The van der Waals surface area contributed by atoms with Gasteiger partial charge >= 0.3 is 0 Å². The molecule has 20 heavy (non-hydrogen) atoms. The van der Waals surface area contributed by atoms with Crippen molar-refractivity contribution in [3.8, 4) is 5.75 Å². The lowest BCUT2D eigenvalue weighted by Crippen LogP contribution is -2.20. The first kappa shape index (κ1) is 16.9. The molecule has 0 heterocycles. The van der Waals surface area contributed by atoms with Gasteiger partial charge in [-0.15, -0.1) is 0 Å². The molecule has 1 N–H and O–H groups in total. The Kier molecular flexibility index (Phi) is 8.18. The Bertz CT molecular complexity index is 387. The van der Waals surface area contributed by atoms with Gasteiger partial charge in [-0.1, -0.05) is 13.0 Å². The van der Waals surface area contributed by atoms with E-state index in [9.17, 15) is 4.39 Å².